The fraction of sp³-hybridized carbons (Fsp3) is 0.333. The summed E-state index contributed by atoms with van der Waals surface area (Å²) in [7, 11) is -2.87. The van der Waals surface area contributed by atoms with Crippen LogP contribution in [-0.4, -0.2) is 38.6 Å². The maximum Gasteiger partial charge on any atom is 0.345 e. The number of rotatable bonds is 5. The van der Waals surface area contributed by atoms with Crippen LogP contribution in [-0.2, 0) is 19.6 Å². The number of carbonyl (C=O) groups is 2. The van der Waals surface area contributed by atoms with Crippen LogP contribution in [0.15, 0.2) is 14.7 Å². The normalized spacial score (nSPS) is 13.0. The molecule has 1 aromatic heterocycles. The van der Waals surface area contributed by atoms with Crippen LogP contribution in [0.3, 0.4) is 0 Å². The fourth-order valence-electron chi connectivity index (χ4n) is 1.16. The van der Waals surface area contributed by atoms with Crippen LogP contribution >= 0.6 is 27.3 Å². The summed E-state index contributed by atoms with van der Waals surface area (Å²) in [6.07, 6.45) is 0. The van der Waals surface area contributed by atoms with Crippen LogP contribution in [0.2, 0.25) is 0 Å². The number of hydrogen-bond donors (Lipinski definition) is 2. The van der Waals surface area contributed by atoms with E-state index < -0.39 is 28.0 Å². The highest BCUT2D eigenvalue weighted by Crippen LogP contribution is 2.31. The number of esters is 1. The van der Waals surface area contributed by atoms with Gasteiger partial charge in [-0.2, -0.15) is 4.72 Å². The number of carboxylic acid groups (broad SMARTS) is 1. The molecule has 0 aliphatic heterocycles. The topological polar surface area (TPSA) is 110 Å². The first-order valence-corrected chi connectivity index (χ1v) is 7.91. The van der Waals surface area contributed by atoms with Gasteiger partial charge in [-0.3, -0.25) is 4.79 Å². The molecule has 0 saturated carbocycles. The Morgan fingerprint density at radius 1 is 1.53 bits per heavy atom. The molecule has 1 atom stereocenters. The summed E-state index contributed by atoms with van der Waals surface area (Å²) in [4.78, 5) is 21.6. The molecule has 1 aromatic rings. The van der Waals surface area contributed by atoms with E-state index >= 15 is 0 Å². The van der Waals surface area contributed by atoms with E-state index in [1.54, 1.807) is 0 Å². The van der Waals surface area contributed by atoms with Crippen LogP contribution in [0.5, 0.6) is 0 Å². The number of aromatic carboxylic acids is 1. The van der Waals surface area contributed by atoms with Crippen LogP contribution in [0.25, 0.3) is 0 Å². The summed E-state index contributed by atoms with van der Waals surface area (Å²) in [5.41, 5.74) is 0. The number of methoxy groups -OCH3 is 1. The van der Waals surface area contributed by atoms with Crippen LogP contribution in [0, 0.1) is 0 Å². The Hall–Kier alpha value is -0.970. The van der Waals surface area contributed by atoms with Gasteiger partial charge < -0.3 is 9.84 Å². The minimum atomic E-state index is -4.01. The second-order valence-corrected chi connectivity index (χ2v) is 7.47. The molecule has 0 aliphatic carbocycles. The highest BCUT2D eigenvalue weighted by Gasteiger charge is 2.27. The Morgan fingerprint density at radius 2 is 2.11 bits per heavy atom. The maximum absolute atomic E-state index is 12.0. The van der Waals surface area contributed by atoms with Gasteiger partial charge in [0.2, 0.25) is 10.0 Å². The SMILES string of the molecule is COC(=O)C(C)NS(=O)(=O)c1cc(C(=O)O)sc1Br. The second kappa shape index (κ2) is 5.99. The number of carbonyl (C=O) groups excluding carboxylic acids is 1. The molecule has 0 radical (unpaired) electrons. The van der Waals surface area contributed by atoms with Gasteiger partial charge in [-0.15, -0.1) is 11.3 Å². The molecular weight excluding hydrogens is 362 g/mol. The van der Waals surface area contributed by atoms with Crippen LogP contribution in [0.1, 0.15) is 16.6 Å². The fourth-order valence-corrected chi connectivity index (χ4v) is 4.76. The average Bonchev–Trinajstić information content (AvgIpc) is 2.70. The molecule has 0 bridgehead atoms. The van der Waals surface area contributed by atoms with Gasteiger partial charge in [0.05, 0.1) is 10.9 Å². The van der Waals surface area contributed by atoms with E-state index in [1.807, 2.05) is 0 Å². The third-order valence-electron chi connectivity index (χ3n) is 2.04. The molecule has 0 amide bonds. The van der Waals surface area contributed by atoms with Crippen molar-refractivity contribution in [1.29, 1.82) is 0 Å². The average molecular weight is 372 g/mol. The van der Waals surface area contributed by atoms with E-state index in [2.05, 4.69) is 25.4 Å². The molecule has 19 heavy (non-hydrogen) atoms. The molecular formula is C9H10BrNO6S2. The van der Waals surface area contributed by atoms with Crippen molar-refractivity contribution in [3.8, 4) is 0 Å². The van der Waals surface area contributed by atoms with E-state index in [4.69, 9.17) is 5.11 Å². The zero-order chi connectivity index (χ0) is 14.8. The number of sulfonamides is 1. The molecule has 1 unspecified atom stereocenters. The first-order chi connectivity index (χ1) is 8.69. The molecule has 0 aliphatic rings. The van der Waals surface area contributed by atoms with Gasteiger partial charge in [0.1, 0.15) is 15.8 Å². The Balaban J connectivity index is 3.07. The summed E-state index contributed by atoms with van der Waals surface area (Å²) in [5, 5.41) is 8.80. The molecule has 1 heterocycles. The quantitative estimate of drug-likeness (QED) is 0.748. The Labute approximate surface area is 121 Å². The van der Waals surface area contributed by atoms with E-state index in [-0.39, 0.29) is 13.6 Å². The molecule has 0 aromatic carbocycles. The smallest absolute Gasteiger partial charge is 0.345 e. The molecule has 7 nitrogen and oxygen atoms in total. The first kappa shape index (κ1) is 16.1. The number of thiophene rings is 1. The zero-order valence-electron chi connectivity index (χ0n) is 9.84. The Bertz CT molecular complexity index is 608. The summed E-state index contributed by atoms with van der Waals surface area (Å²) < 4.78 is 30.6. The minimum absolute atomic E-state index is 0.127. The highest BCUT2D eigenvalue weighted by molar-refractivity contribution is 9.11. The molecule has 106 valence electrons. The van der Waals surface area contributed by atoms with Gasteiger partial charge in [0, 0.05) is 0 Å². The third kappa shape index (κ3) is 3.75. The van der Waals surface area contributed by atoms with Crippen molar-refractivity contribution in [2.24, 2.45) is 0 Å². The summed E-state index contributed by atoms with van der Waals surface area (Å²) >= 11 is 3.76. The van der Waals surface area contributed by atoms with Crippen molar-refractivity contribution in [1.82, 2.24) is 4.72 Å². The number of hydrogen-bond acceptors (Lipinski definition) is 6. The predicted octanol–water partition coefficient (Wildman–Crippen LogP) is 1.05. The van der Waals surface area contributed by atoms with Gasteiger partial charge in [0.25, 0.3) is 0 Å². The van der Waals surface area contributed by atoms with Gasteiger partial charge in [-0.1, -0.05) is 0 Å². The Kier molecular flexibility index (Phi) is 5.07. The van der Waals surface area contributed by atoms with E-state index in [1.165, 1.54) is 6.92 Å². The third-order valence-corrected chi connectivity index (χ3v) is 5.82. The molecule has 10 heteroatoms. The number of nitrogens with one attached hydrogen (secondary N) is 1. The molecule has 0 fully saturated rings. The number of carboxylic acids is 1. The zero-order valence-corrected chi connectivity index (χ0v) is 13.1. The van der Waals surface area contributed by atoms with Crippen molar-refractivity contribution >= 4 is 49.2 Å². The summed E-state index contributed by atoms with van der Waals surface area (Å²) in [6, 6.07) is -0.0567. The second-order valence-electron chi connectivity index (χ2n) is 3.42. The maximum atomic E-state index is 12.0. The lowest BCUT2D eigenvalue weighted by Gasteiger charge is -2.11. The van der Waals surface area contributed by atoms with Crippen molar-refractivity contribution in [2.75, 3.05) is 7.11 Å². The Morgan fingerprint density at radius 3 is 2.53 bits per heavy atom. The standard InChI is InChI=1S/C9H10BrNO6S2/c1-4(9(14)17-2)11-19(15,16)6-3-5(8(12)13)18-7(6)10/h3-4,11H,1-2H3,(H,12,13). The molecule has 0 spiro atoms. The lowest BCUT2D eigenvalue weighted by Crippen LogP contribution is -2.39. The summed E-state index contributed by atoms with van der Waals surface area (Å²) in [6.45, 7) is 1.32. The van der Waals surface area contributed by atoms with Gasteiger partial charge in [-0.05, 0) is 28.9 Å². The largest absolute Gasteiger partial charge is 0.477 e. The number of halogens is 1. The lowest BCUT2D eigenvalue weighted by atomic mass is 10.4. The predicted molar refractivity (Wildman–Crippen MR) is 70.8 cm³/mol. The van der Waals surface area contributed by atoms with E-state index in [0.717, 1.165) is 24.5 Å². The first-order valence-electron chi connectivity index (χ1n) is 4.82. The summed E-state index contributed by atoms with van der Waals surface area (Å²) in [5.74, 6) is -1.97. The number of ether oxygens (including phenoxy) is 1. The van der Waals surface area contributed by atoms with Crippen LogP contribution in [0.4, 0.5) is 0 Å². The van der Waals surface area contributed by atoms with Crippen molar-refractivity contribution in [2.45, 2.75) is 17.9 Å². The van der Waals surface area contributed by atoms with E-state index in [9.17, 15) is 18.0 Å². The monoisotopic (exact) mass is 371 g/mol. The molecule has 0 saturated heterocycles. The highest BCUT2D eigenvalue weighted by atomic mass is 79.9. The molecule has 1 rings (SSSR count). The lowest BCUT2D eigenvalue weighted by molar-refractivity contribution is -0.142. The van der Waals surface area contributed by atoms with Crippen molar-refractivity contribution in [3.05, 3.63) is 14.7 Å². The minimum Gasteiger partial charge on any atom is -0.477 e. The van der Waals surface area contributed by atoms with Gasteiger partial charge >= 0.3 is 11.9 Å². The molecule has 2 N–H and O–H groups in total. The van der Waals surface area contributed by atoms with E-state index in [0.29, 0.717) is 0 Å². The van der Waals surface area contributed by atoms with Gasteiger partial charge in [-0.25, -0.2) is 13.2 Å². The van der Waals surface area contributed by atoms with Gasteiger partial charge in [0.15, 0.2) is 0 Å². The van der Waals surface area contributed by atoms with Crippen molar-refractivity contribution in [3.63, 3.8) is 0 Å². The van der Waals surface area contributed by atoms with Crippen LogP contribution < -0.4 is 4.72 Å². The van der Waals surface area contributed by atoms with Crippen molar-refractivity contribution < 1.29 is 27.9 Å².